The Kier molecular flexibility index (Phi) is 4.70. The Balaban J connectivity index is 1.64. The predicted octanol–water partition coefficient (Wildman–Crippen LogP) is 1.53. The van der Waals surface area contributed by atoms with Gasteiger partial charge in [-0.1, -0.05) is 0 Å². The lowest BCUT2D eigenvalue weighted by atomic mass is 10.1. The van der Waals surface area contributed by atoms with Gasteiger partial charge in [0.25, 0.3) is 21.6 Å². The fraction of sp³-hybridized carbons (Fsp3) is 0.167. The minimum Gasteiger partial charge on any atom is -0.331 e. The third-order valence-electron chi connectivity index (χ3n) is 4.48. The number of nitrogens with zero attached hydrogens (tertiary/aromatic N) is 5. The predicted molar refractivity (Wildman–Crippen MR) is 109 cm³/mol. The van der Waals surface area contributed by atoms with E-state index in [-0.39, 0.29) is 29.4 Å². The first-order chi connectivity index (χ1) is 14.2. The van der Waals surface area contributed by atoms with E-state index in [1.807, 2.05) is 0 Å². The third-order valence-corrected chi connectivity index (χ3v) is 5.63. The van der Waals surface area contributed by atoms with Crippen molar-refractivity contribution in [3.63, 3.8) is 0 Å². The minimum absolute atomic E-state index is 0.0658. The number of aromatic nitrogens is 2. The first-order valence-corrected chi connectivity index (χ1v) is 10.5. The molecule has 2 aliphatic heterocycles. The Morgan fingerprint density at radius 1 is 1.27 bits per heavy atom. The lowest BCUT2D eigenvalue weighted by Crippen LogP contribution is -2.41. The second-order valence-corrected chi connectivity index (χ2v) is 8.38. The first kappa shape index (κ1) is 19.5. The van der Waals surface area contributed by atoms with Crippen LogP contribution in [0, 0.1) is 17.0 Å². The zero-order valence-corrected chi connectivity index (χ0v) is 16.5. The number of aryl methyl sites for hydroxylation is 1. The maximum atomic E-state index is 12.9. The number of nitro groups is 1. The van der Waals surface area contributed by atoms with Crippen molar-refractivity contribution in [1.82, 2.24) is 14.7 Å². The molecule has 0 fully saturated rings. The van der Waals surface area contributed by atoms with Crippen LogP contribution in [0.2, 0.25) is 0 Å². The Bertz CT molecular complexity index is 1240. The molecule has 1 N–H and O–H groups in total. The monoisotopic (exact) mass is 428 g/mol. The normalized spacial score (nSPS) is 17.0. The van der Waals surface area contributed by atoms with Gasteiger partial charge in [-0.2, -0.15) is 5.10 Å². The van der Waals surface area contributed by atoms with Crippen molar-refractivity contribution in [1.29, 1.82) is 0 Å². The number of hydrogen-bond acceptors (Lipinski definition) is 7. The molecule has 0 bridgehead atoms. The fourth-order valence-electron chi connectivity index (χ4n) is 3.08. The number of hydrogen-bond donors (Lipinski definition) is 1. The summed E-state index contributed by atoms with van der Waals surface area (Å²) in [6, 6.07) is 7.35. The molecule has 4 rings (SSSR count). The zero-order valence-electron chi connectivity index (χ0n) is 15.7. The van der Waals surface area contributed by atoms with Crippen molar-refractivity contribution in [3.8, 4) is 5.69 Å². The van der Waals surface area contributed by atoms with E-state index in [1.54, 1.807) is 30.2 Å². The van der Waals surface area contributed by atoms with Gasteiger partial charge in [-0.15, -0.1) is 4.40 Å². The molecular formula is C18H16N6O5S. The molecule has 2 aromatic rings. The minimum atomic E-state index is -3.63. The van der Waals surface area contributed by atoms with Crippen LogP contribution in [0.4, 0.5) is 11.5 Å². The lowest BCUT2D eigenvalue weighted by Gasteiger charge is -2.28. The SMILES string of the molecule is Cc1cc(NC(=O)C2=CC=CN3CCS(=O)(=O)N=C23)n(-c2ccc([N+](=O)[O-])cc2)n1. The maximum absolute atomic E-state index is 12.9. The number of fused-ring (bicyclic) bond motifs is 1. The van der Waals surface area contributed by atoms with Crippen LogP contribution in [0.3, 0.4) is 0 Å². The summed E-state index contributed by atoms with van der Waals surface area (Å²) >= 11 is 0. The van der Waals surface area contributed by atoms with Crippen molar-refractivity contribution in [2.24, 2.45) is 4.40 Å². The topological polar surface area (TPSA) is 140 Å². The number of nitrogens with one attached hydrogen (secondary N) is 1. The van der Waals surface area contributed by atoms with Crippen LogP contribution < -0.4 is 5.32 Å². The molecule has 1 aromatic carbocycles. The zero-order chi connectivity index (χ0) is 21.5. The highest BCUT2D eigenvalue weighted by Gasteiger charge is 2.30. The van der Waals surface area contributed by atoms with E-state index in [0.29, 0.717) is 17.2 Å². The number of anilines is 1. The van der Waals surface area contributed by atoms with Crippen LogP contribution in [0.5, 0.6) is 0 Å². The Morgan fingerprint density at radius 3 is 2.70 bits per heavy atom. The van der Waals surface area contributed by atoms with Gasteiger partial charge in [0.1, 0.15) is 5.82 Å². The molecule has 0 unspecified atom stereocenters. The van der Waals surface area contributed by atoms with Crippen LogP contribution in [0.25, 0.3) is 5.69 Å². The van der Waals surface area contributed by atoms with E-state index in [4.69, 9.17) is 0 Å². The van der Waals surface area contributed by atoms with Crippen LogP contribution in [-0.4, -0.2) is 52.1 Å². The quantitative estimate of drug-likeness (QED) is 0.575. The lowest BCUT2D eigenvalue weighted by molar-refractivity contribution is -0.384. The second-order valence-electron chi connectivity index (χ2n) is 6.63. The second kappa shape index (κ2) is 7.22. The summed E-state index contributed by atoms with van der Waals surface area (Å²) in [5.74, 6) is -0.280. The molecular weight excluding hydrogens is 412 g/mol. The standard InChI is InChI=1S/C18H16N6O5S/c1-12-11-16(23(20-12)13-4-6-14(7-5-13)24(26)27)19-18(25)15-3-2-8-22-9-10-30(28,29)21-17(15)22/h2-8,11H,9-10H2,1H3,(H,19,25). The van der Waals surface area contributed by atoms with Gasteiger partial charge in [0, 0.05) is 30.9 Å². The van der Waals surface area contributed by atoms with Crippen molar-refractivity contribution >= 4 is 33.3 Å². The summed E-state index contributed by atoms with van der Waals surface area (Å²) in [6.45, 7) is 1.95. The summed E-state index contributed by atoms with van der Waals surface area (Å²) < 4.78 is 29.0. The molecule has 0 aliphatic carbocycles. The highest BCUT2D eigenvalue weighted by Crippen LogP contribution is 2.23. The number of amides is 1. The van der Waals surface area contributed by atoms with Gasteiger partial charge in [0.05, 0.1) is 27.6 Å². The summed E-state index contributed by atoms with van der Waals surface area (Å²) in [5.41, 5.74) is 1.17. The number of amidine groups is 1. The van der Waals surface area contributed by atoms with Crippen LogP contribution in [-0.2, 0) is 14.8 Å². The van der Waals surface area contributed by atoms with Gasteiger partial charge in [-0.05, 0) is 31.2 Å². The van der Waals surface area contributed by atoms with E-state index in [1.165, 1.54) is 35.0 Å². The first-order valence-electron chi connectivity index (χ1n) is 8.84. The molecule has 0 atom stereocenters. The van der Waals surface area contributed by atoms with Gasteiger partial charge in [-0.3, -0.25) is 14.9 Å². The number of nitro benzene ring substituents is 1. The molecule has 0 saturated heterocycles. The molecule has 1 aromatic heterocycles. The van der Waals surface area contributed by atoms with Crippen LogP contribution in [0.15, 0.2) is 58.7 Å². The molecule has 0 spiro atoms. The summed E-state index contributed by atoms with van der Waals surface area (Å²) in [6.07, 6.45) is 4.80. The molecule has 154 valence electrons. The number of allylic oxidation sites excluding steroid dienone is 2. The molecule has 0 radical (unpaired) electrons. The van der Waals surface area contributed by atoms with Gasteiger partial charge in [0.15, 0.2) is 5.84 Å². The van der Waals surface area contributed by atoms with Crippen molar-refractivity contribution in [2.75, 3.05) is 17.6 Å². The number of sulfonamides is 1. The molecule has 3 heterocycles. The third kappa shape index (κ3) is 3.72. The smallest absolute Gasteiger partial charge is 0.269 e. The Labute approximate surface area is 171 Å². The number of rotatable bonds is 4. The average molecular weight is 428 g/mol. The van der Waals surface area contributed by atoms with E-state index in [2.05, 4.69) is 14.8 Å². The number of non-ortho nitro benzene ring substituents is 1. The average Bonchev–Trinajstić information content (AvgIpc) is 3.06. The van der Waals surface area contributed by atoms with Crippen LogP contribution >= 0.6 is 0 Å². The van der Waals surface area contributed by atoms with Gasteiger partial charge in [0.2, 0.25) is 0 Å². The van der Waals surface area contributed by atoms with E-state index >= 15 is 0 Å². The Hall–Kier alpha value is -3.80. The molecule has 30 heavy (non-hydrogen) atoms. The molecule has 2 aliphatic rings. The summed E-state index contributed by atoms with van der Waals surface area (Å²) in [4.78, 5) is 24.9. The van der Waals surface area contributed by atoms with Gasteiger partial charge >= 0.3 is 0 Å². The largest absolute Gasteiger partial charge is 0.331 e. The van der Waals surface area contributed by atoms with E-state index in [9.17, 15) is 23.3 Å². The van der Waals surface area contributed by atoms with Crippen LogP contribution in [0.1, 0.15) is 5.69 Å². The van der Waals surface area contributed by atoms with E-state index < -0.39 is 20.9 Å². The van der Waals surface area contributed by atoms with Crippen molar-refractivity contribution in [3.05, 3.63) is 70.1 Å². The molecule has 12 heteroatoms. The Morgan fingerprint density at radius 2 is 2.00 bits per heavy atom. The van der Waals surface area contributed by atoms with E-state index in [0.717, 1.165) is 0 Å². The fourth-order valence-corrected chi connectivity index (χ4v) is 4.06. The maximum Gasteiger partial charge on any atom is 0.269 e. The van der Waals surface area contributed by atoms with Crippen molar-refractivity contribution in [2.45, 2.75) is 6.92 Å². The van der Waals surface area contributed by atoms with Crippen molar-refractivity contribution < 1.29 is 18.1 Å². The molecule has 1 amide bonds. The number of benzene rings is 1. The summed E-state index contributed by atoms with van der Waals surface area (Å²) in [7, 11) is -3.63. The highest BCUT2D eigenvalue weighted by molar-refractivity contribution is 7.90. The summed E-state index contributed by atoms with van der Waals surface area (Å²) in [5, 5.41) is 17.9. The molecule has 11 nitrogen and oxygen atoms in total. The highest BCUT2D eigenvalue weighted by atomic mass is 32.2. The number of carbonyl (C=O) groups is 1. The molecule has 0 saturated carbocycles. The van der Waals surface area contributed by atoms with Gasteiger partial charge in [-0.25, -0.2) is 13.1 Å². The van der Waals surface area contributed by atoms with Gasteiger partial charge < -0.3 is 10.2 Å². The number of carbonyl (C=O) groups excluding carboxylic acids is 1.